The van der Waals surface area contributed by atoms with Crippen LogP contribution in [0.5, 0.6) is 0 Å². The van der Waals surface area contributed by atoms with Gasteiger partial charge in [0.1, 0.15) is 0 Å². The number of hydrogen-bond acceptors (Lipinski definition) is 3. The van der Waals surface area contributed by atoms with Crippen LogP contribution < -0.4 is 4.90 Å². The first-order valence-corrected chi connectivity index (χ1v) is 8.42. The monoisotopic (exact) mass is 332 g/mol. The van der Waals surface area contributed by atoms with Gasteiger partial charge in [0.05, 0.1) is 17.3 Å². The summed E-state index contributed by atoms with van der Waals surface area (Å²) in [4.78, 5) is 6.44. The lowest BCUT2D eigenvalue weighted by molar-refractivity contribution is 0.243. The summed E-state index contributed by atoms with van der Waals surface area (Å²) >= 11 is 6.40. The molecule has 3 nitrogen and oxygen atoms in total. The Kier molecular flexibility index (Phi) is 8.25. The summed E-state index contributed by atoms with van der Waals surface area (Å²) < 4.78 is 5.56. The van der Waals surface area contributed by atoms with E-state index in [1.807, 2.05) is 63.0 Å². The van der Waals surface area contributed by atoms with Gasteiger partial charge in [0.15, 0.2) is 11.6 Å². The largest absolute Gasteiger partial charge is 0.486 e. The summed E-state index contributed by atoms with van der Waals surface area (Å²) in [5.41, 5.74) is 5.16. The number of halogens is 1. The predicted octanol–water partition coefficient (Wildman–Crippen LogP) is 5.43. The van der Waals surface area contributed by atoms with Gasteiger partial charge in [0.2, 0.25) is 0 Å². The predicted molar refractivity (Wildman–Crippen MR) is 98.8 cm³/mol. The number of hydrogen-bond donors (Lipinski definition) is 0. The first-order chi connectivity index (χ1) is 11.2. The molecule has 1 aromatic rings. The number of allylic oxidation sites excluding steroid dienone is 3. The van der Waals surface area contributed by atoms with Crippen LogP contribution in [-0.4, -0.2) is 18.1 Å². The fourth-order valence-corrected chi connectivity index (χ4v) is 2.26. The lowest BCUT2D eigenvalue weighted by Crippen LogP contribution is -2.22. The zero-order chi connectivity index (χ0) is 17.2. The number of likely N-dealkylation sites (N-methyl/N-ethyl adjacent to an activating group) is 1. The van der Waals surface area contributed by atoms with Gasteiger partial charge in [-0.05, 0) is 50.3 Å². The number of aryl methyl sites for hydroxylation is 1. The molecule has 1 heterocycles. The molecule has 1 aromatic heterocycles. The Morgan fingerprint density at radius 2 is 1.91 bits per heavy atom. The van der Waals surface area contributed by atoms with Crippen LogP contribution in [0.2, 0.25) is 5.02 Å². The second kappa shape index (κ2) is 9.94. The van der Waals surface area contributed by atoms with Gasteiger partial charge in [0, 0.05) is 12.7 Å². The molecule has 0 saturated heterocycles. The summed E-state index contributed by atoms with van der Waals surface area (Å²) in [6.07, 6.45) is 9.54. The summed E-state index contributed by atoms with van der Waals surface area (Å²) in [6.45, 7) is 11.3. The third-order valence-electron chi connectivity index (χ3n) is 3.09. The Bertz CT molecular complexity index is 641. The van der Waals surface area contributed by atoms with E-state index in [9.17, 15) is 0 Å². The minimum absolute atomic E-state index is 0.607. The van der Waals surface area contributed by atoms with Crippen molar-refractivity contribution < 1.29 is 4.74 Å². The topological polar surface area (TPSA) is 25.4 Å². The molecule has 0 N–H and O–H groups in total. The zero-order valence-electron chi connectivity index (χ0n) is 14.6. The van der Waals surface area contributed by atoms with Crippen LogP contribution in [0.4, 0.5) is 5.82 Å². The molecule has 1 aliphatic carbocycles. The third kappa shape index (κ3) is 5.02. The van der Waals surface area contributed by atoms with E-state index in [4.69, 9.17) is 16.3 Å². The van der Waals surface area contributed by atoms with Crippen LogP contribution in [0.3, 0.4) is 0 Å². The van der Waals surface area contributed by atoms with Gasteiger partial charge < -0.3 is 9.64 Å². The molecule has 0 aliphatic heterocycles. The van der Waals surface area contributed by atoms with Crippen molar-refractivity contribution >= 4 is 17.4 Å². The van der Waals surface area contributed by atoms with Gasteiger partial charge in [-0.1, -0.05) is 37.6 Å². The van der Waals surface area contributed by atoms with E-state index in [1.165, 1.54) is 0 Å². The minimum Gasteiger partial charge on any atom is -0.486 e. The van der Waals surface area contributed by atoms with Gasteiger partial charge in [-0.3, -0.25) is 0 Å². The highest BCUT2D eigenvalue weighted by Crippen LogP contribution is 2.29. The number of pyridine rings is 1. The maximum Gasteiger partial charge on any atom is 0.164 e. The van der Waals surface area contributed by atoms with Crippen molar-refractivity contribution in [2.45, 2.75) is 34.6 Å². The van der Waals surface area contributed by atoms with Crippen LogP contribution in [0, 0.1) is 6.92 Å². The molecule has 0 spiro atoms. The van der Waals surface area contributed by atoms with Crippen molar-refractivity contribution in [2.24, 2.45) is 0 Å². The summed E-state index contributed by atoms with van der Waals surface area (Å²) in [6, 6.07) is 1.90. The maximum atomic E-state index is 6.40. The molecule has 2 rings (SSSR count). The lowest BCUT2D eigenvalue weighted by Gasteiger charge is -2.23. The molecule has 124 valence electrons. The highest BCUT2D eigenvalue weighted by Gasteiger charge is 2.15. The Balaban J connectivity index is 0.00000127. The molecule has 0 atom stereocenters. The first-order valence-electron chi connectivity index (χ1n) is 8.04. The molecule has 0 saturated carbocycles. The average molecular weight is 333 g/mol. The quantitative estimate of drug-likeness (QED) is 0.673. The molecule has 0 bridgehead atoms. The lowest BCUT2D eigenvalue weighted by atomic mass is 10.2. The molecular formula is C19H25ClN2O. The van der Waals surface area contributed by atoms with Gasteiger partial charge >= 0.3 is 0 Å². The fraction of sp³-hybridized carbons (Fsp3) is 0.368. The Morgan fingerprint density at radius 1 is 1.22 bits per heavy atom. The molecule has 0 unspecified atom stereocenters. The molecule has 23 heavy (non-hydrogen) atoms. The van der Waals surface area contributed by atoms with Crippen LogP contribution in [0.15, 0.2) is 53.8 Å². The van der Waals surface area contributed by atoms with E-state index in [1.54, 1.807) is 6.20 Å². The molecule has 0 fully saturated rings. The molecule has 4 heteroatoms. The SMILES string of the molecule is CC.CCOC1=C=C(N(CC)c2nccc(C)c2Cl)C=CC=C1. The van der Waals surface area contributed by atoms with Crippen molar-refractivity contribution in [3.05, 3.63) is 64.3 Å². The van der Waals surface area contributed by atoms with E-state index in [2.05, 4.69) is 17.6 Å². The summed E-state index contributed by atoms with van der Waals surface area (Å²) in [5, 5.41) is 0.664. The number of anilines is 1. The normalized spacial score (nSPS) is 12.6. The third-order valence-corrected chi connectivity index (χ3v) is 3.56. The van der Waals surface area contributed by atoms with Gasteiger partial charge in [-0.2, -0.15) is 0 Å². The summed E-state index contributed by atoms with van der Waals surface area (Å²) in [7, 11) is 0. The first kappa shape index (κ1) is 19.1. The second-order valence-electron chi connectivity index (χ2n) is 4.54. The smallest absolute Gasteiger partial charge is 0.164 e. The van der Waals surface area contributed by atoms with E-state index in [0.29, 0.717) is 17.4 Å². The van der Waals surface area contributed by atoms with E-state index in [0.717, 1.165) is 23.6 Å². The van der Waals surface area contributed by atoms with E-state index < -0.39 is 0 Å². The van der Waals surface area contributed by atoms with Crippen molar-refractivity contribution in [3.8, 4) is 0 Å². The average Bonchev–Trinajstić information content (AvgIpc) is 2.80. The van der Waals surface area contributed by atoms with Gasteiger partial charge in [-0.15, -0.1) is 0 Å². The number of nitrogens with zero attached hydrogens (tertiary/aromatic N) is 2. The fourth-order valence-electron chi connectivity index (χ4n) is 2.04. The Labute approximate surface area is 144 Å². The molecular weight excluding hydrogens is 308 g/mol. The number of ether oxygens (including phenoxy) is 1. The maximum absolute atomic E-state index is 6.40. The van der Waals surface area contributed by atoms with E-state index in [-0.39, 0.29) is 0 Å². The number of aromatic nitrogens is 1. The van der Waals surface area contributed by atoms with Crippen LogP contribution in [0.1, 0.15) is 33.3 Å². The highest BCUT2D eigenvalue weighted by molar-refractivity contribution is 6.33. The standard InChI is InChI=1S/C17H19ClN2O.C2H6/c1-4-20(17-16(18)13(3)10-11-19-17)14-8-6-7-9-15(12-14)21-5-2;1-2/h6-11H,4-5H2,1-3H3;1-2H3. The van der Waals surface area contributed by atoms with Crippen molar-refractivity contribution in [2.75, 3.05) is 18.1 Å². The zero-order valence-corrected chi connectivity index (χ0v) is 15.3. The Morgan fingerprint density at radius 3 is 2.57 bits per heavy atom. The van der Waals surface area contributed by atoms with Crippen LogP contribution >= 0.6 is 11.6 Å². The second-order valence-corrected chi connectivity index (χ2v) is 4.91. The van der Waals surface area contributed by atoms with Gasteiger partial charge in [-0.25, -0.2) is 4.98 Å². The van der Waals surface area contributed by atoms with Gasteiger partial charge in [0.25, 0.3) is 0 Å². The molecule has 0 aromatic carbocycles. The highest BCUT2D eigenvalue weighted by atomic mass is 35.5. The van der Waals surface area contributed by atoms with Crippen LogP contribution in [0.25, 0.3) is 0 Å². The van der Waals surface area contributed by atoms with Crippen molar-refractivity contribution in [1.29, 1.82) is 0 Å². The van der Waals surface area contributed by atoms with Crippen LogP contribution in [-0.2, 0) is 4.74 Å². The minimum atomic E-state index is 0.607. The van der Waals surface area contributed by atoms with Crippen molar-refractivity contribution in [3.63, 3.8) is 0 Å². The number of rotatable bonds is 5. The molecule has 1 aliphatic rings. The van der Waals surface area contributed by atoms with Crippen molar-refractivity contribution in [1.82, 2.24) is 4.98 Å². The Hall–Kier alpha value is -1.96. The molecule has 0 amide bonds. The van der Waals surface area contributed by atoms with E-state index >= 15 is 0 Å². The summed E-state index contributed by atoms with van der Waals surface area (Å²) in [5.74, 6) is 1.45. The molecule has 0 radical (unpaired) electrons.